The number of ether oxygens (including phenoxy) is 2. The summed E-state index contributed by atoms with van der Waals surface area (Å²) in [6, 6.07) is 0. The minimum Gasteiger partial charge on any atom is -0.372 e. The molecule has 0 spiro atoms. The third kappa shape index (κ3) is 4.94. The molecular weight excluding hydrogens is 286 g/mol. The number of amides is 1. The third-order valence-corrected chi connectivity index (χ3v) is 3.30. The van der Waals surface area contributed by atoms with Crippen molar-refractivity contribution in [3.63, 3.8) is 0 Å². The second-order valence-electron chi connectivity index (χ2n) is 4.98. The summed E-state index contributed by atoms with van der Waals surface area (Å²) >= 11 is 3.41. The van der Waals surface area contributed by atoms with E-state index in [0.717, 1.165) is 11.8 Å². The van der Waals surface area contributed by atoms with Gasteiger partial charge < -0.3 is 14.4 Å². The second-order valence-corrected chi connectivity index (χ2v) is 5.63. The monoisotopic (exact) mass is 307 g/mol. The Morgan fingerprint density at radius 1 is 1.59 bits per heavy atom. The Hall–Kier alpha value is -0.130. The van der Waals surface area contributed by atoms with Gasteiger partial charge in [-0.1, -0.05) is 22.9 Å². The number of carbonyl (C=O) groups is 1. The van der Waals surface area contributed by atoms with E-state index in [1.165, 1.54) is 0 Å². The minimum absolute atomic E-state index is 0.0563. The largest absolute Gasteiger partial charge is 0.372 e. The molecule has 1 aliphatic heterocycles. The summed E-state index contributed by atoms with van der Waals surface area (Å²) < 4.78 is 11.1. The van der Waals surface area contributed by atoms with Crippen molar-refractivity contribution >= 4 is 21.8 Å². The zero-order chi connectivity index (χ0) is 12.9. The molecule has 5 heteroatoms. The van der Waals surface area contributed by atoms with E-state index in [1.807, 2.05) is 25.7 Å². The summed E-state index contributed by atoms with van der Waals surface area (Å²) in [6.07, 6.45) is 1.00. The molecule has 1 saturated heterocycles. The molecule has 4 nitrogen and oxygen atoms in total. The van der Waals surface area contributed by atoms with Crippen LogP contribution in [0, 0.1) is 0 Å². The third-order valence-electron chi connectivity index (χ3n) is 2.58. The van der Waals surface area contributed by atoms with Crippen LogP contribution in [0.25, 0.3) is 0 Å². The van der Waals surface area contributed by atoms with Crippen molar-refractivity contribution in [1.82, 2.24) is 4.90 Å². The lowest BCUT2D eigenvalue weighted by atomic mass is 10.1. The standard InChI is InChI=1S/C12H22BrNO3/c1-4-5-16-8-11(15)14-7-10(6-13)17-12(2,3)9-14/h10H,4-9H2,1-3H3. The van der Waals surface area contributed by atoms with E-state index in [9.17, 15) is 4.79 Å². The normalized spacial score (nSPS) is 23.8. The Balaban J connectivity index is 2.48. The van der Waals surface area contributed by atoms with Gasteiger partial charge in [0.2, 0.25) is 5.91 Å². The van der Waals surface area contributed by atoms with Crippen molar-refractivity contribution in [3.8, 4) is 0 Å². The molecule has 0 saturated carbocycles. The molecule has 17 heavy (non-hydrogen) atoms. The lowest BCUT2D eigenvalue weighted by Gasteiger charge is -2.42. The molecule has 1 aliphatic rings. The molecule has 0 aliphatic carbocycles. The van der Waals surface area contributed by atoms with Gasteiger partial charge in [-0.3, -0.25) is 4.79 Å². The molecule has 0 radical (unpaired) electrons. The molecular formula is C12H22BrNO3. The summed E-state index contributed by atoms with van der Waals surface area (Å²) in [5.74, 6) is 0.0563. The van der Waals surface area contributed by atoms with Gasteiger partial charge >= 0.3 is 0 Å². The molecule has 0 bridgehead atoms. The first kappa shape index (κ1) is 14.9. The smallest absolute Gasteiger partial charge is 0.248 e. The highest BCUT2D eigenvalue weighted by molar-refractivity contribution is 9.09. The minimum atomic E-state index is -0.281. The molecule has 1 fully saturated rings. The fourth-order valence-electron chi connectivity index (χ4n) is 1.96. The SMILES string of the molecule is CCCOCC(=O)N1CC(CBr)OC(C)(C)C1. The van der Waals surface area contributed by atoms with Crippen molar-refractivity contribution in [2.75, 3.05) is 31.6 Å². The van der Waals surface area contributed by atoms with E-state index in [0.29, 0.717) is 19.7 Å². The van der Waals surface area contributed by atoms with Crippen LogP contribution in [0.3, 0.4) is 0 Å². The number of rotatable bonds is 5. The molecule has 1 amide bonds. The zero-order valence-electron chi connectivity index (χ0n) is 10.9. The lowest BCUT2D eigenvalue weighted by Crippen LogP contribution is -2.55. The average molecular weight is 308 g/mol. The maximum absolute atomic E-state index is 12.0. The maximum Gasteiger partial charge on any atom is 0.248 e. The van der Waals surface area contributed by atoms with Crippen molar-refractivity contribution in [3.05, 3.63) is 0 Å². The molecule has 0 N–H and O–H groups in total. The van der Waals surface area contributed by atoms with Crippen LogP contribution in [0.1, 0.15) is 27.2 Å². The van der Waals surface area contributed by atoms with Crippen LogP contribution in [-0.2, 0) is 14.3 Å². The van der Waals surface area contributed by atoms with Gasteiger partial charge in [-0.25, -0.2) is 0 Å². The van der Waals surface area contributed by atoms with Gasteiger partial charge in [-0.05, 0) is 20.3 Å². The summed E-state index contributed by atoms with van der Waals surface area (Å²) in [4.78, 5) is 13.8. The summed E-state index contributed by atoms with van der Waals surface area (Å²) in [7, 11) is 0. The van der Waals surface area contributed by atoms with Gasteiger partial charge in [-0.15, -0.1) is 0 Å². The summed E-state index contributed by atoms with van der Waals surface area (Å²) in [5, 5.41) is 0.746. The van der Waals surface area contributed by atoms with Crippen LogP contribution in [0.2, 0.25) is 0 Å². The first-order chi connectivity index (χ1) is 7.98. The van der Waals surface area contributed by atoms with Crippen LogP contribution < -0.4 is 0 Å². The zero-order valence-corrected chi connectivity index (χ0v) is 12.5. The van der Waals surface area contributed by atoms with Gasteiger partial charge in [0.1, 0.15) is 6.61 Å². The van der Waals surface area contributed by atoms with Crippen LogP contribution in [0.5, 0.6) is 0 Å². The van der Waals surface area contributed by atoms with E-state index >= 15 is 0 Å². The van der Waals surface area contributed by atoms with Gasteiger partial charge in [-0.2, -0.15) is 0 Å². The quantitative estimate of drug-likeness (QED) is 0.574. The molecule has 1 rings (SSSR count). The first-order valence-corrected chi connectivity index (χ1v) is 7.20. The fraction of sp³-hybridized carbons (Fsp3) is 0.917. The number of morpholine rings is 1. The highest BCUT2D eigenvalue weighted by atomic mass is 79.9. The summed E-state index contributed by atoms with van der Waals surface area (Å²) in [6.45, 7) is 8.14. The molecule has 0 aromatic rings. The average Bonchev–Trinajstić information content (AvgIpc) is 2.27. The molecule has 1 heterocycles. The predicted octanol–water partition coefficient (Wildman–Crippen LogP) is 1.81. The fourth-order valence-corrected chi connectivity index (χ4v) is 2.30. The second kappa shape index (κ2) is 6.71. The first-order valence-electron chi connectivity index (χ1n) is 6.08. The van der Waals surface area contributed by atoms with E-state index in [-0.39, 0.29) is 24.2 Å². The van der Waals surface area contributed by atoms with E-state index in [1.54, 1.807) is 0 Å². The van der Waals surface area contributed by atoms with Crippen LogP contribution in [0.15, 0.2) is 0 Å². The van der Waals surface area contributed by atoms with Crippen LogP contribution in [-0.4, -0.2) is 54.1 Å². The lowest BCUT2D eigenvalue weighted by molar-refractivity contribution is -0.160. The Labute approximate surface area is 112 Å². The molecule has 0 aromatic carbocycles. The van der Waals surface area contributed by atoms with Crippen molar-refractivity contribution in [2.45, 2.75) is 38.9 Å². The highest BCUT2D eigenvalue weighted by Crippen LogP contribution is 2.22. The van der Waals surface area contributed by atoms with Gasteiger partial charge in [0.05, 0.1) is 11.7 Å². The van der Waals surface area contributed by atoms with E-state index < -0.39 is 0 Å². The Morgan fingerprint density at radius 2 is 2.29 bits per heavy atom. The molecule has 1 atom stereocenters. The van der Waals surface area contributed by atoms with Gasteiger partial charge in [0.15, 0.2) is 0 Å². The predicted molar refractivity (Wildman–Crippen MR) is 70.4 cm³/mol. The summed E-state index contributed by atoms with van der Waals surface area (Å²) in [5.41, 5.74) is -0.281. The Morgan fingerprint density at radius 3 is 2.88 bits per heavy atom. The van der Waals surface area contributed by atoms with Crippen LogP contribution in [0.4, 0.5) is 0 Å². The number of hydrogen-bond acceptors (Lipinski definition) is 3. The topological polar surface area (TPSA) is 38.8 Å². The molecule has 1 unspecified atom stereocenters. The molecule has 100 valence electrons. The number of nitrogens with zero attached hydrogens (tertiary/aromatic N) is 1. The number of hydrogen-bond donors (Lipinski definition) is 0. The van der Waals surface area contributed by atoms with Crippen molar-refractivity contribution in [1.29, 1.82) is 0 Å². The highest BCUT2D eigenvalue weighted by Gasteiger charge is 2.34. The van der Waals surface area contributed by atoms with Gasteiger partial charge in [0, 0.05) is 25.0 Å². The Bertz CT molecular complexity index is 258. The number of alkyl halides is 1. The van der Waals surface area contributed by atoms with Crippen molar-refractivity contribution in [2.24, 2.45) is 0 Å². The van der Waals surface area contributed by atoms with Crippen LogP contribution >= 0.6 is 15.9 Å². The van der Waals surface area contributed by atoms with Gasteiger partial charge in [0.25, 0.3) is 0 Å². The van der Waals surface area contributed by atoms with E-state index in [2.05, 4.69) is 15.9 Å². The Kier molecular flexibility index (Phi) is 5.89. The maximum atomic E-state index is 12.0. The number of carbonyl (C=O) groups excluding carboxylic acids is 1. The van der Waals surface area contributed by atoms with E-state index in [4.69, 9.17) is 9.47 Å². The molecule has 0 aromatic heterocycles. The number of halogens is 1. The van der Waals surface area contributed by atoms with Crippen molar-refractivity contribution < 1.29 is 14.3 Å².